The third-order valence-corrected chi connectivity index (χ3v) is 6.06. The Labute approximate surface area is 206 Å². The fraction of sp³-hybridized carbons (Fsp3) is 0.185. The molecule has 3 aromatic carbocycles. The van der Waals surface area contributed by atoms with Crippen molar-refractivity contribution >= 4 is 10.9 Å². The number of methoxy groups -OCH3 is 2. The number of aryl methyl sites for hydroxylation is 2. The van der Waals surface area contributed by atoms with Gasteiger partial charge in [-0.3, -0.25) is 9.36 Å². The van der Waals surface area contributed by atoms with Crippen molar-refractivity contribution in [3.8, 4) is 28.6 Å². The lowest BCUT2D eigenvalue weighted by Crippen LogP contribution is -2.39. The molecule has 0 aliphatic carbocycles. The summed E-state index contributed by atoms with van der Waals surface area (Å²) in [5.41, 5.74) is 2.59. The Bertz CT molecular complexity index is 1710. The van der Waals surface area contributed by atoms with E-state index >= 15 is 0 Å². The van der Waals surface area contributed by atoms with E-state index in [1.54, 1.807) is 56.7 Å². The third-order valence-electron chi connectivity index (χ3n) is 6.06. The van der Waals surface area contributed by atoms with Gasteiger partial charge in [0.05, 0.1) is 30.8 Å². The van der Waals surface area contributed by atoms with Crippen LogP contribution in [-0.4, -0.2) is 33.5 Å². The van der Waals surface area contributed by atoms with Crippen molar-refractivity contribution in [1.82, 2.24) is 19.3 Å². The van der Waals surface area contributed by atoms with Crippen LogP contribution in [0.15, 0.2) is 74.8 Å². The summed E-state index contributed by atoms with van der Waals surface area (Å²) in [5.74, 6) is 1.67. The van der Waals surface area contributed by atoms with Crippen molar-refractivity contribution in [2.24, 2.45) is 0 Å². The van der Waals surface area contributed by atoms with Crippen molar-refractivity contribution in [2.75, 3.05) is 14.2 Å². The van der Waals surface area contributed by atoms with Gasteiger partial charge in [0.25, 0.3) is 5.56 Å². The van der Waals surface area contributed by atoms with Gasteiger partial charge in [0.15, 0.2) is 11.5 Å². The Morgan fingerprint density at radius 3 is 2.47 bits per heavy atom. The van der Waals surface area contributed by atoms with Gasteiger partial charge >= 0.3 is 5.69 Å². The topological polar surface area (TPSA) is 101 Å². The number of benzene rings is 3. The molecule has 0 fully saturated rings. The molecule has 9 heteroatoms. The number of ether oxygens (including phenoxy) is 2. The summed E-state index contributed by atoms with van der Waals surface area (Å²) in [6.07, 6.45) is 0. The maximum Gasteiger partial charge on any atom is 0.336 e. The molecular weight excluding hydrogens is 460 g/mol. The van der Waals surface area contributed by atoms with E-state index in [1.165, 1.54) is 9.13 Å². The molecule has 0 bridgehead atoms. The first-order chi connectivity index (χ1) is 17.4. The van der Waals surface area contributed by atoms with Gasteiger partial charge in [-0.1, -0.05) is 29.4 Å². The van der Waals surface area contributed by atoms with Gasteiger partial charge < -0.3 is 14.0 Å². The lowest BCUT2D eigenvalue weighted by atomic mass is 10.1. The minimum absolute atomic E-state index is 0.00915. The van der Waals surface area contributed by atoms with Crippen LogP contribution in [0.5, 0.6) is 11.5 Å². The van der Waals surface area contributed by atoms with Crippen LogP contribution in [0.4, 0.5) is 0 Å². The number of rotatable bonds is 6. The molecule has 2 aromatic heterocycles. The number of hydrogen-bond acceptors (Lipinski definition) is 7. The maximum atomic E-state index is 13.7. The summed E-state index contributed by atoms with van der Waals surface area (Å²) in [6, 6.07) is 17.9. The Morgan fingerprint density at radius 1 is 0.917 bits per heavy atom. The summed E-state index contributed by atoms with van der Waals surface area (Å²) in [4.78, 5) is 31.6. The molecule has 2 heterocycles. The molecule has 36 heavy (non-hydrogen) atoms. The van der Waals surface area contributed by atoms with E-state index in [9.17, 15) is 9.59 Å². The molecule has 0 N–H and O–H groups in total. The molecule has 0 spiro atoms. The SMILES string of the molecule is COc1ccc(-c2noc(Cn3c(=O)n(-c4cc(C)ccc4C)c(=O)c4ccccc43)n2)cc1OC. The Morgan fingerprint density at radius 2 is 1.69 bits per heavy atom. The molecule has 0 radical (unpaired) electrons. The Hall–Kier alpha value is -4.66. The summed E-state index contributed by atoms with van der Waals surface area (Å²) < 4.78 is 18.8. The van der Waals surface area contributed by atoms with Crippen molar-refractivity contribution in [3.05, 3.63) is 98.5 Å². The van der Waals surface area contributed by atoms with E-state index in [1.807, 2.05) is 32.0 Å². The van der Waals surface area contributed by atoms with E-state index in [0.29, 0.717) is 39.5 Å². The molecule has 0 aliphatic rings. The van der Waals surface area contributed by atoms with E-state index < -0.39 is 5.69 Å². The quantitative estimate of drug-likeness (QED) is 0.360. The van der Waals surface area contributed by atoms with Gasteiger partial charge in [-0.25, -0.2) is 9.36 Å². The molecule has 0 amide bonds. The highest BCUT2D eigenvalue weighted by atomic mass is 16.5. The molecule has 0 atom stereocenters. The van der Waals surface area contributed by atoms with Crippen LogP contribution >= 0.6 is 0 Å². The third kappa shape index (κ3) is 3.94. The Balaban J connectivity index is 1.63. The Kier molecular flexibility index (Phi) is 5.89. The molecule has 5 aromatic rings. The summed E-state index contributed by atoms with van der Waals surface area (Å²) in [7, 11) is 3.11. The highest BCUT2D eigenvalue weighted by Gasteiger charge is 2.19. The molecule has 0 aliphatic heterocycles. The lowest BCUT2D eigenvalue weighted by molar-refractivity contribution is 0.355. The largest absolute Gasteiger partial charge is 0.493 e. The van der Waals surface area contributed by atoms with Crippen molar-refractivity contribution in [2.45, 2.75) is 20.4 Å². The molecule has 9 nitrogen and oxygen atoms in total. The highest BCUT2D eigenvalue weighted by Crippen LogP contribution is 2.31. The van der Waals surface area contributed by atoms with E-state index in [2.05, 4.69) is 10.1 Å². The molecule has 182 valence electrons. The average molecular weight is 485 g/mol. The van der Waals surface area contributed by atoms with Gasteiger partial charge in [0.1, 0.15) is 6.54 Å². The van der Waals surface area contributed by atoms with Crippen LogP contribution < -0.4 is 20.7 Å². The second kappa shape index (κ2) is 9.18. The molecular formula is C27H24N4O5. The first-order valence-electron chi connectivity index (χ1n) is 11.3. The van der Waals surface area contributed by atoms with Crippen LogP contribution in [0.3, 0.4) is 0 Å². The monoisotopic (exact) mass is 484 g/mol. The highest BCUT2D eigenvalue weighted by molar-refractivity contribution is 5.78. The van der Waals surface area contributed by atoms with Crippen molar-refractivity contribution in [1.29, 1.82) is 0 Å². The first kappa shape index (κ1) is 23.1. The zero-order valence-electron chi connectivity index (χ0n) is 20.3. The number of fused-ring (bicyclic) bond motifs is 1. The predicted octanol–water partition coefficient (Wildman–Crippen LogP) is 3.88. The summed E-state index contributed by atoms with van der Waals surface area (Å²) in [5, 5.41) is 4.50. The fourth-order valence-electron chi connectivity index (χ4n) is 4.19. The predicted molar refractivity (Wildman–Crippen MR) is 135 cm³/mol. The normalized spacial score (nSPS) is 11.1. The molecule has 0 unspecified atom stereocenters. The lowest BCUT2D eigenvalue weighted by Gasteiger charge is -2.14. The zero-order chi connectivity index (χ0) is 25.4. The minimum Gasteiger partial charge on any atom is -0.493 e. The summed E-state index contributed by atoms with van der Waals surface area (Å²) >= 11 is 0. The molecule has 5 rings (SSSR count). The van der Waals surface area contributed by atoms with Crippen LogP contribution in [0.1, 0.15) is 17.0 Å². The van der Waals surface area contributed by atoms with Crippen molar-refractivity contribution < 1.29 is 14.0 Å². The van der Waals surface area contributed by atoms with Crippen LogP contribution in [0.2, 0.25) is 0 Å². The van der Waals surface area contributed by atoms with Crippen molar-refractivity contribution in [3.63, 3.8) is 0 Å². The maximum absolute atomic E-state index is 13.7. The smallest absolute Gasteiger partial charge is 0.336 e. The van der Waals surface area contributed by atoms with E-state index in [-0.39, 0.29) is 18.0 Å². The van der Waals surface area contributed by atoms with Crippen LogP contribution in [-0.2, 0) is 6.54 Å². The van der Waals surface area contributed by atoms with Gasteiger partial charge in [0.2, 0.25) is 11.7 Å². The van der Waals surface area contributed by atoms with E-state index in [0.717, 1.165) is 11.1 Å². The number of hydrogen-bond donors (Lipinski definition) is 0. The van der Waals surface area contributed by atoms with Gasteiger partial charge in [-0.15, -0.1) is 0 Å². The van der Waals surface area contributed by atoms with Crippen LogP contribution in [0, 0.1) is 13.8 Å². The standard InChI is InChI=1S/C27H24N4O5/c1-16-9-10-17(2)21(13-16)31-26(32)19-7-5-6-8-20(19)30(27(31)33)15-24-28-25(29-36-24)18-11-12-22(34-3)23(14-18)35-4/h5-14H,15H2,1-4H3. The second-order valence-electron chi connectivity index (χ2n) is 8.40. The number of nitrogens with zero attached hydrogens (tertiary/aromatic N) is 4. The van der Waals surface area contributed by atoms with Gasteiger partial charge in [-0.2, -0.15) is 4.98 Å². The second-order valence-corrected chi connectivity index (χ2v) is 8.40. The van der Waals surface area contributed by atoms with Crippen LogP contribution in [0.25, 0.3) is 28.0 Å². The van der Waals surface area contributed by atoms with Gasteiger partial charge in [0, 0.05) is 5.56 Å². The molecule has 0 saturated carbocycles. The summed E-state index contributed by atoms with van der Waals surface area (Å²) in [6.45, 7) is 3.78. The number of aromatic nitrogens is 4. The minimum atomic E-state index is -0.488. The fourth-order valence-corrected chi connectivity index (χ4v) is 4.19. The van der Waals surface area contributed by atoms with Gasteiger partial charge in [-0.05, 0) is 61.4 Å². The number of para-hydroxylation sites is 1. The first-order valence-corrected chi connectivity index (χ1v) is 11.3. The van der Waals surface area contributed by atoms with E-state index in [4.69, 9.17) is 14.0 Å². The molecule has 0 saturated heterocycles. The average Bonchev–Trinajstić information content (AvgIpc) is 3.37. The zero-order valence-corrected chi connectivity index (χ0v) is 20.3.